The minimum absolute atomic E-state index is 0. The van der Waals surface area contributed by atoms with Crippen molar-refractivity contribution >= 4 is 29.9 Å². The molecule has 29 valence electrons. The first-order chi connectivity index (χ1) is 1.00. The van der Waals surface area contributed by atoms with Gasteiger partial charge in [-0.3, -0.25) is 0 Å². The third-order valence-corrected chi connectivity index (χ3v) is 0. The monoisotopic (exact) mass is 271 g/mol. The van der Waals surface area contributed by atoms with E-state index >= 15 is 0 Å². The van der Waals surface area contributed by atoms with E-state index in [1.807, 2.05) is 0 Å². The van der Waals surface area contributed by atoms with Crippen molar-refractivity contribution < 1.29 is 34.1 Å². The third-order valence-electron chi connectivity index (χ3n) is 0. The Kier molecular flexibility index (Phi) is 81.5. The number of hydrogen-bond acceptors (Lipinski definition) is 1. The predicted octanol–water partition coefficient (Wildman–Crippen LogP) is 0.262. The fraction of sp³-hybridized carbons (Fsp3) is 0. The van der Waals surface area contributed by atoms with Gasteiger partial charge in [0.15, 0.2) is 0 Å². The first-order valence-electron chi connectivity index (χ1n) is 0.204. The summed E-state index contributed by atoms with van der Waals surface area (Å²) >= 11 is 1.13. The molecule has 0 aromatic heterocycles. The fourth-order valence-electron chi connectivity index (χ4n) is 0. The Morgan fingerprint density at radius 2 is 1.25 bits per heavy atom. The van der Waals surface area contributed by atoms with Crippen molar-refractivity contribution in [1.82, 2.24) is 0 Å². The van der Waals surface area contributed by atoms with Gasteiger partial charge < -0.3 is 0 Å². The molecule has 4 heavy (non-hydrogen) atoms. The summed E-state index contributed by atoms with van der Waals surface area (Å²) in [6.07, 6.45) is 0. The second-order valence-electron chi connectivity index (χ2n) is 0. The summed E-state index contributed by atoms with van der Waals surface area (Å²) in [4.78, 5) is 0. The quantitative estimate of drug-likeness (QED) is 0.569. The van der Waals surface area contributed by atoms with Crippen molar-refractivity contribution in [2.75, 3.05) is 0 Å². The Labute approximate surface area is 63.3 Å². The molecule has 0 amide bonds. The van der Waals surface area contributed by atoms with E-state index in [1.165, 1.54) is 0 Å². The average molecular weight is 270 g/mol. The summed E-state index contributed by atoms with van der Waals surface area (Å²) < 4.78 is 0. The normalized spacial score (nSPS) is 1.00. The van der Waals surface area contributed by atoms with Gasteiger partial charge in [0.25, 0.3) is 0 Å². The SMILES string of the molecule is [Cu].[Fe].[S]=[Sn]. The minimum atomic E-state index is 0. The molecule has 0 nitrogen and oxygen atoms in total. The summed E-state index contributed by atoms with van der Waals surface area (Å²) in [6.45, 7) is 0. The molecule has 0 aliphatic rings. The van der Waals surface area contributed by atoms with Crippen molar-refractivity contribution in [3.63, 3.8) is 0 Å². The molecule has 4 heteroatoms. The van der Waals surface area contributed by atoms with Gasteiger partial charge in [0.2, 0.25) is 0 Å². The molecule has 0 spiro atoms. The van der Waals surface area contributed by atoms with Gasteiger partial charge in [0, 0.05) is 34.1 Å². The summed E-state index contributed by atoms with van der Waals surface area (Å²) in [5.41, 5.74) is 0. The zero-order valence-corrected chi connectivity index (χ0v) is 7.28. The van der Waals surface area contributed by atoms with Gasteiger partial charge in [0.05, 0.1) is 0 Å². The van der Waals surface area contributed by atoms with Gasteiger partial charge in [-0.25, -0.2) is 0 Å². The zero-order chi connectivity index (χ0) is 2.00. The van der Waals surface area contributed by atoms with Crippen LogP contribution in [0.15, 0.2) is 0 Å². The van der Waals surface area contributed by atoms with Gasteiger partial charge in [-0.2, -0.15) is 0 Å². The Balaban J connectivity index is -0.00000000500. The molecular weight excluding hydrogens is 270 g/mol. The fourth-order valence-corrected chi connectivity index (χ4v) is 0. The number of hydrogen-bond donors (Lipinski definition) is 0. The van der Waals surface area contributed by atoms with Crippen LogP contribution in [0.25, 0.3) is 0 Å². The van der Waals surface area contributed by atoms with Gasteiger partial charge >= 0.3 is 29.9 Å². The van der Waals surface area contributed by atoms with Crippen molar-refractivity contribution in [2.24, 2.45) is 0 Å². The molecule has 0 N–H and O–H groups in total. The van der Waals surface area contributed by atoms with Gasteiger partial charge in [0.1, 0.15) is 0 Å². The predicted molar refractivity (Wildman–Crippen MR) is 13.3 cm³/mol. The van der Waals surface area contributed by atoms with E-state index in [0.717, 1.165) is 20.6 Å². The summed E-state index contributed by atoms with van der Waals surface area (Å²) in [5, 5.41) is 0. The van der Waals surface area contributed by atoms with Crippen LogP contribution in [0, 0.1) is 0 Å². The third kappa shape index (κ3) is 8.96. The molecule has 3 radical (unpaired) electrons. The van der Waals surface area contributed by atoms with E-state index in [-0.39, 0.29) is 34.1 Å². The van der Waals surface area contributed by atoms with Crippen LogP contribution < -0.4 is 0 Å². The molecule has 0 saturated heterocycles. The van der Waals surface area contributed by atoms with Crippen LogP contribution in [0.4, 0.5) is 0 Å². The van der Waals surface area contributed by atoms with Crippen LogP contribution in [0.5, 0.6) is 0 Å². The molecule has 0 aliphatic carbocycles. The first kappa shape index (κ1) is 16.6. The Morgan fingerprint density at radius 1 is 1.25 bits per heavy atom. The van der Waals surface area contributed by atoms with E-state index in [0.29, 0.717) is 0 Å². The Morgan fingerprint density at radius 3 is 1.25 bits per heavy atom. The van der Waals surface area contributed by atoms with E-state index in [1.54, 1.807) is 0 Å². The molecule has 0 rings (SSSR count). The molecule has 0 fully saturated rings. The van der Waals surface area contributed by atoms with E-state index in [4.69, 9.17) is 0 Å². The van der Waals surface area contributed by atoms with Crippen LogP contribution in [0.1, 0.15) is 0 Å². The molecule has 0 aliphatic heterocycles. The van der Waals surface area contributed by atoms with Crippen LogP contribution in [-0.4, -0.2) is 20.6 Å². The topological polar surface area (TPSA) is 0 Å². The second-order valence-corrected chi connectivity index (χ2v) is 0. The van der Waals surface area contributed by atoms with E-state index < -0.39 is 0 Å². The maximum atomic E-state index is 4.17. The summed E-state index contributed by atoms with van der Waals surface area (Å²) in [5.74, 6) is 0. The van der Waals surface area contributed by atoms with E-state index in [9.17, 15) is 0 Å². The van der Waals surface area contributed by atoms with Crippen LogP contribution in [0.2, 0.25) is 0 Å². The van der Waals surface area contributed by atoms with Gasteiger partial charge in [-0.1, -0.05) is 0 Å². The van der Waals surface area contributed by atoms with Crippen molar-refractivity contribution in [2.45, 2.75) is 0 Å². The van der Waals surface area contributed by atoms with Crippen LogP contribution >= 0.6 is 9.29 Å². The average Bonchev–Trinajstić information content (AvgIpc) is 1.00. The second kappa shape index (κ2) is 19.7. The van der Waals surface area contributed by atoms with Crippen molar-refractivity contribution in [3.8, 4) is 0 Å². The van der Waals surface area contributed by atoms with Crippen molar-refractivity contribution in [1.29, 1.82) is 0 Å². The maximum absolute atomic E-state index is 4.17. The molecule has 0 aromatic rings. The van der Waals surface area contributed by atoms with E-state index in [2.05, 4.69) is 9.29 Å². The zero-order valence-electron chi connectivity index (χ0n) is 1.56. The summed E-state index contributed by atoms with van der Waals surface area (Å²) in [6, 6.07) is 0. The molecule has 0 saturated carbocycles. The summed E-state index contributed by atoms with van der Waals surface area (Å²) in [7, 11) is 4.17. The Bertz CT molecular complexity index is 8.00. The van der Waals surface area contributed by atoms with Crippen LogP contribution in [0.3, 0.4) is 0 Å². The molecule has 0 heterocycles. The molecule has 0 bridgehead atoms. The molecule has 0 aromatic carbocycles. The standard InChI is InChI=1S/Cu.Fe.S.Sn. The first-order valence-corrected chi connectivity index (χ1v) is 4.11. The van der Waals surface area contributed by atoms with Crippen molar-refractivity contribution in [3.05, 3.63) is 0 Å². The molecular formula is CuFeSSn. The van der Waals surface area contributed by atoms with Gasteiger partial charge in [-0.05, 0) is 0 Å². The molecule has 0 unspecified atom stereocenters. The van der Waals surface area contributed by atoms with Gasteiger partial charge in [-0.15, -0.1) is 0 Å². The number of rotatable bonds is 0. The van der Waals surface area contributed by atoms with Crippen LogP contribution in [-0.2, 0) is 34.1 Å². The molecule has 0 atom stereocenters. The Hall–Kier alpha value is 2.06.